The van der Waals surface area contributed by atoms with Gasteiger partial charge in [0.25, 0.3) is 5.56 Å². The van der Waals surface area contributed by atoms with Crippen LogP contribution < -0.4 is 10.9 Å². The number of carbonyl (C=O) groups is 1. The van der Waals surface area contributed by atoms with E-state index in [4.69, 9.17) is 0 Å². The molecule has 0 radical (unpaired) electrons. The number of halogens is 1. The summed E-state index contributed by atoms with van der Waals surface area (Å²) in [7, 11) is 0. The Bertz CT molecular complexity index is 1320. The maximum Gasteiger partial charge on any atom is 0.282 e. The number of nitrogens with one attached hydrogen (secondary N) is 1. The van der Waals surface area contributed by atoms with Gasteiger partial charge in [0, 0.05) is 17.7 Å². The number of pyridine rings is 2. The van der Waals surface area contributed by atoms with Crippen molar-refractivity contribution in [2.45, 2.75) is 32.2 Å². The summed E-state index contributed by atoms with van der Waals surface area (Å²) in [6, 6.07) is 6.18. The first kappa shape index (κ1) is 17.5. The van der Waals surface area contributed by atoms with Crippen LogP contribution in [0.25, 0.3) is 16.6 Å². The van der Waals surface area contributed by atoms with E-state index in [0.29, 0.717) is 28.2 Å². The monoisotopic (exact) mass is 392 g/mol. The standard InChI is InChI=1S/C20H17FN6O2/c1-11-6-14-16(9-22-11)26(10-18(28)24-17-5-4-13(21)8-23-17)19-7-15(12-2-3-12)25-27(19)20(14)29/h4-9,12H,2-3,10H2,1H3,(H,23,24,28). The molecule has 4 aromatic rings. The van der Waals surface area contributed by atoms with E-state index in [9.17, 15) is 14.0 Å². The van der Waals surface area contributed by atoms with Crippen molar-refractivity contribution in [2.24, 2.45) is 0 Å². The van der Waals surface area contributed by atoms with Crippen LogP contribution in [0, 0.1) is 12.7 Å². The van der Waals surface area contributed by atoms with E-state index in [-0.39, 0.29) is 23.8 Å². The summed E-state index contributed by atoms with van der Waals surface area (Å²) in [5, 5.41) is 7.59. The fraction of sp³-hybridized carbons (Fsp3) is 0.250. The number of fused-ring (bicyclic) bond motifs is 2. The molecule has 1 saturated carbocycles. The number of amides is 1. The molecule has 5 rings (SSSR count). The van der Waals surface area contributed by atoms with Crippen molar-refractivity contribution in [3.8, 4) is 0 Å². The molecule has 0 bridgehead atoms. The van der Waals surface area contributed by atoms with Gasteiger partial charge in [-0.25, -0.2) is 9.37 Å². The van der Waals surface area contributed by atoms with E-state index >= 15 is 0 Å². The highest BCUT2D eigenvalue weighted by Gasteiger charge is 2.28. The van der Waals surface area contributed by atoms with E-state index in [2.05, 4.69) is 20.4 Å². The molecule has 1 fully saturated rings. The molecule has 8 nitrogen and oxygen atoms in total. The minimum absolute atomic E-state index is 0.0696. The Morgan fingerprint density at radius 3 is 2.79 bits per heavy atom. The number of rotatable bonds is 4. The summed E-state index contributed by atoms with van der Waals surface area (Å²) >= 11 is 0. The van der Waals surface area contributed by atoms with Gasteiger partial charge in [-0.3, -0.25) is 14.6 Å². The number of hydrogen-bond acceptors (Lipinski definition) is 5. The van der Waals surface area contributed by atoms with Crippen LogP contribution >= 0.6 is 0 Å². The highest BCUT2D eigenvalue weighted by atomic mass is 19.1. The van der Waals surface area contributed by atoms with Gasteiger partial charge in [0.05, 0.1) is 29.0 Å². The molecule has 9 heteroatoms. The Labute approximate surface area is 164 Å². The molecule has 1 N–H and O–H groups in total. The Kier molecular flexibility index (Phi) is 3.90. The van der Waals surface area contributed by atoms with Crippen LogP contribution in [0.3, 0.4) is 0 Å². The maximum absolute atomic E-state index is 13.0. The normalized spacial score (nSPS) is 13.9. The zero-order valence-corrected chi connectivity index (χ0v) is 15.6. The minimum Gasteiger partial charge on any atom is -0.315 e. The lowest BCUT2D eigenvalue weighted by Crippen LogP contribution is -2.25. The van der Waals surface area contributed by atoms with E-state index in [0.717, 1.165) is 24.7 Å². The topological polar surface area (TPSA) is 94.2 Å². The van der Waals surface area contributed by atoms with E-state index in [1.807, 2.05) is 6.07 Å². The molecular weight excluding hydrogens is 375 g/mol. The number of anilines is 1. The summed E-state index contributed by atoms with van der Waals surface area (Å²) < 4.78 is 16.1. The third-order valence-electron chi connectivity index (χ3n) is 5.01. The molecule has 0 saturated heterocycles. The average molecular weight is 392 g/mol. The van der Waals surface area contributed by atoms with E-state index < -0.39 is 5.82 Å². The number of nitrogens with zero attached hydrogens (tertiary/aromatic N) is 5. The first-order valence-electron chi connectivity index (χ1n) is 9.30. The summed E-state index contributed by atoms with van der Waals surface area (Å²) in [4.78, 5) is 33.8. The second-order valence-corrected chi connectivity index (χ2v) is 7.26. The molecule has 0 atom stereocenters. The quantitative estimate of drug-likeness (QED) is 0.576. The van der Waals surface area contributed by atoms with Gasteiger partial charge >= 0.3 is 0 Å². The Hall–Kier alpha value is -3.62. The van der Waals surface area contributed by atoms with Crippen LogP contribution in [0.4, 0.5) is 10.2 Å². The van der Waals surface area contributed by atoms with Gasteiger partial charge in [-0.05, 0) is 38.0 Å². The van der Waals surface area contributed by atoms with Gasteiger partial charge in [0.2, 0.25) is 5.91 Å². The molecule has 29 heavy (non-hydrogen) atoms. The van der Waals surface area contributed by atoms with Crippen molar-refractivity contribution in [1.29, 1.82) is 0 Å². The number of aryl methyl sites for hydroxylation is 1. The van der Waals surface area contributed by atoms with E-state index in [1.165, 1.54) is 16.6 Å². The van der Waals surface area contributed by atoms with Crippen molar-refractivity contribution in [1.82, 2.24) is 24.1 Å². The van der Waals surface area contributed by atoms with Crippen molar-refractivity contribution in [3.63, 3.8) is 0 Å². The molecule has 0 spiro atoms. The lowest BCUT2D eigenvalue weighted by atomic mass is 10.2. The molecule has 1 amide bonds. The van der Waals surface area contributed by atoms with Crippen LogP contribution in [0.5, 0.6) is 0 Å². The minimum atomic E-state index is -0.482. The highest BCUT2D eigenvalue weighted by molar-refractivity contribution is 5.91. The van der Waals surface area contributed by atoms with Crippen molar-refractivity contribution < 1.29 is 9.18 Å². The fourth-order valence-electron chi connectivity index (χ4n) is 3.43. The molecule has 1 aliphatic carbocycles. The summed E-state index contributed by atoms with van der Waals surface area (Å²) in [6.07, 6.45) is 4.73. The predicted molar refractivity (Wildman–Crippen MR) is 104 cm³/mol. The van der Waals surface area contributed by atoms with Gasteiger partial charge in [0.15, 0.2) is 0 Å². The molecule has 146 valence electrons. The Morgan fingerprint density at radius 1 is 1.24 bits per heavy atom. The zero-order valence-electron chi connectivity index (χ0n) is 15.6. The summed E-state index contributed by atoms with van der Waals surface area (Å²) in [5.74, 6) is -0.225. The molecule has 4 aromatic heterocycles. The molecular formula is C20H17FN6O2. The van der Waals surface area contributed by atoms with Crippen LogP contribution in [0.15, 0.2) is 41.5 Å². The first-order chi connectivity index (χ1) is 14.0. The molecule has 0 aliphatic heterocycles. The SMILES string of the molecule is Cc1cc2c(=O)n3nc(C4CC4)cc3n(CC(=O)Nc3ccc(F)cn3)c2cn1. The number of carbonyl (C=O) groups excluding carboxylic acids is 1. The second kappa shape index (κ2) is 6.47. The van der Waals surface area contributed by atoms with Gasteiger partial charge in [0.1, 0.15) is 23.8 Å². The van der Waals surface area contributed by atoms with Gasteiger partial charge < -0.3 is 9.88 Å². The Balaban J connectivity index is 1.61. The molecule has 4 heterocycles. The smallest absolute Gasteiger partial charge is 0.282 e. The molecule has 1 aliphatic rings. The molecule has 0 unspecified atom stereocenters. The zero-order chi connectivity index (χ0) is 20.1. The number of aromatic nitrogens is 5. The van der Waals surface area contributed by atoms with Gasteiger partial charge in [-0.2, -0.15) is 9.61 Å². The van der Waals surface area contributed by atoms with E-state index in [1.54, 1.807) is 23.8 Å². The third kappa shape index (κ3) is 3.14. The maximum atomic E-state index is 13.0. The fourth-order valence-corrected chi connectivity index (χ4v) is 3.43. The predicted octanol–water partition coefficient (Wildman–Crippen LogP) is 2.40. The summed E-state index contributed by atoms with van der Waals surface area (Å²) in [6.45, 7) is 1.74. The average Bonchev–Trinajstić information content (AvgIpc) is 3.45. The Morgan fingerprint density at radius 2 is 2.07 bits per heavy atom. The molecule has 0 aromatic carbocycles. The largest absolute Gasteiger partial charge is 0.315 e. The van der Waals surface area contributed by atoms with Crippen LogP contribution in [-0.2, 0) is 11.3 Å². The van der Waals surface area contributed by atoms with Crippen molar-refractivity contribution >= 4 is 28.3 Å². The van der Waals surface area contributed by atoms with Gasteiger partial charge in [-0.1, -0.05) is 0 Å². The highest BCUT2D eigenvalue weighted by Crippen LogP contribution is 2.39. The van der Waals surface area contributed by atoms with Crippen molar-refractivity contribution in [3.05, 3.63) is 64.2 Å². The van der Waals surface area contributed by atoms with Crippen LogP contribution in [0.1, 0.15) is 30.1 Å². The lowest BCUT2D eigenvalue weighted by molar-refractivity contribution is -0.116. The van der Waals surface area contributed by atoms with Crippen LogP contribution in [0.2, 0.25) is 0 Å². The summed E-state index contributed by atoms with van der Waals surface area (Å²) in [5.41, 5.74) is 2.42. The van der Waals surface area contributed by atoms with Crippen LogP contribution in [-0.4, -0.2) is 30.1 Å². The third-order valence-corrected chi connectivity index (χ3v) is 5.01. The van der Waals surface area contributed by atoms with Crippen molar-refractivity contribution in [2.75, 3.05) is 5.32 Å². The second-order valence-electron chi connectivity index (χ2n) is 7.26. The number of hydrogen-bond donors (Lipinski definition) is 1. The van der Waals surface area contributed by atoms with Gasteiger partial charge in [-0.15, -0.1) is 0 Å². The lowest BCUT2D eigenvalue weighted by Gasteiger charge is -2.13. The first-order valence-corrected chi connectivity index (χ1v) is 9.30.